The number of benzene rings is 1. The van der Waals surface area contributed by atoms with Crippen molar-refractivity contribution in [2.45, 2.75) is 37.7 Å². The van der Waals surface area contributed by atoms with Crippen LogP contribution in [0.15, 0.2) is 41.4 Å². The van der Waals surface area contributed by atoms with Gasteiger partial charge in [-0.2, -0.15) is 0 Å². The van der Waals surface area contributed by atoms with Crippen LogP contribution in [0.2, 0.25) is 0 Å². The molecule has 3 amide bonds. The Morgan fingerprint density at radius 1 is 1.21 bits per heavy atom. The first-order valence-corrected chi connectivity index (χ1v) is 12.2. The second-order valence-corrected chi connectivity index (χ2v) is 10.2. The van der Waals surface area contributed by atoms with Crippen molar-refractivity contribution in [2.75, 3.05) is 25.0 Å². The summed E-state index contributed by atoms with van der Waals surface area (Å²) < 4.78 is 31.9. The number of ether oxygens (including phenoxy) is 1. The van der Waals surface area contributed by atoms with Gasteiger partial charge in [0.1, 0.15) is 10.6 Å². The number of hydrogen-bond acceptors (Lipinski definition) is 6. The van der Waals surface area contributed by atoms with Crippen LogP contribution < -0.4 is 10.6 Å². The van der Waals surface area contributed by atoms with Crippen molar-refractivity contribution in [3.63, 3.8) is 0 Å². The monoisotopic (exact) mass is 474 g/mol. The number of piperidine rings is 1. The maximum absolute atomic E-state index is 12.9. The Labute approximate surface area is 191 Å². The fourth-order valence-corrected chi connectivity index (χ4v) is 5.45. The first kappa shape index (κ1) is 22.8. The number of nitrogens with zero attached hydrogens (tertiary/aromatic N) is 2. The fourth-order valence-electron chi connectivity index (χ4n) is 3.97. The van der Waals surface area contributed by atoms with Gasteiger partial charge in [0.2, 0.25) is 0 Å². The van der Waals surface area contributed by atoms with Crippen LogP contribution in [-0.2, 0) is 14.8 Å². The highest BCUT2D eigenvalue weighted by Gasteiger charge is 2.31. The molecule has 10 nitrogen and oxygen atoms in total. The van der Waals surface area contributed by atoms with Gasteiger partial charge in [-0.15, -0.1) is 0 Å². The Morgan fingerprint density at radius 2 is 1.94 bits per heavy atom. The van der Waals surface area contributed by atoms with Gasteiger partial charge in [-0.3, -0.25) is 9.59 Å². The predicted molar refractivity (Wildman–Crippen MR) is 120 cm³/mol. The van der Waals surface area contributed by atoms with Crippen molar-refractivity contribution in [1.29, 1.82) is 0 Å². The topological polar surface area (TPSA) is 127 Å². The molecule has 33 heavy (non-hydrogen) atoms. The van der Waals surface area contributed by atoms with E-state index >= 15 is 0 Å². The quantitative estimate of drug-likeness (QED) is 0.700. The minimum absolute atomic E-state index is 0.000759. The summed E-state index contributed by atoms with van der Waals surface area (Å²) in [6.45, 7) is 5.17. The molecule has 0 unspecified atom stereocenters. The van der Waals surface area contributed by atoms with Crippen LogP contribution in [-0.4, -0.2) is 60.9 Å². The first-order chi connectivity index (χ1) is 15.7. The lowest BCUT2D eigenvalue weighted by atomic mass is 9.97. The van der Waals surface area contributed by atoms with E-state index in [-0.39, 0.29) is 45.9 Å². The minimum atomic E-state index is -3.96. The summed E-state index contributed by atoms with van der Waals surface area (Å²) in [5.41, 5.74) is 0.308. The minimum Gasteiger partial charge on any atom is -0.447 e. The highest BCUT2D eigenvalue weighted by atomic mass is 32.2. The first-order valence-electron chi connectivity index (χ1n) is 10.8. The lowest BCUT2D eigenvalue weighted by Crippen LogP contribution is -2.42. The van der Waals surface area contributed by atoms with Gasteiger partial charge in [0.05, 0.1) is 11.8 Å². The van der Waals surface area contributed by atoms with Crippen molar-refractivity contribution in [3.05, 3.63) is 47.8 Å². The number of carbonyl (C=O) groups is 3. The number of likely N-dealkylation sites (tertiary alicyclic amines) is 1. The van der Waals surface area contributed by atoms with E-state index in [2.05, 4.69) is 10.6 Å². The van der Waals surface area contributed by atoms with Gasteiger partial charge in [-0.05, 0) is 62.9 Å². The summed E-state index contributed by atoms with van der Waals surface area (Å²) in [6, 6.07) is 7.03. The average Bonchev–Trinajstić information content (AvgIpc) is 3.26. The highest BCUT2D eigenvalue weighted by molar-refractivity contribution is 7.90. The molecule has 0 aliphatic carbocycles. The van der Waals surface area contributed by atoms with Crippen molar-refractivity contribution in [3.8, 4) is 0 Å². The second-order valence-electron chi connectivity index (χ2n) is 8.43. The number of nitrogens with one attached hydrogen (secondary N) is 2. The number of rotatable bonds is 4. The Kier molecular flexibility index (Phi) is 6.15. The van der Waals surface area contributed by atoms with Crippen molar-refractivity contribution >= 4 is 33.6 Å². The summed E-state index contributed by atoms with van der Waals surface area (Å²) in [4.78, 5) is 38.7. The van der Waals surface area contributed by atoms with Crippen LogP contribution in [0.1, 0.15) is 47.5 Å². The van der Waals surface area contributed by atoms with E-state index < -0.39 is 15.9 Å². The van der Waals surface area contributed by atoms with Gasteiger partial charge >= 0.3 is 6.09 Å². The molecule has 1 saturated heterocycles. The number of aromatic nitrogens is 1. The van der Waals surface area contributed by atoms with Gasteiger partial charge in [-0.25, -0.2) is 17.2 Å². The van der Waals surface area contributed by atoms with E-state index in [0.717, 1.165) is 16.8 Å². The maximum Gasteiger partial charge on any atom is 0.410 e. The molecule has 2 N–H and O–H groups in total. The van der Waals surface area contributed by atoms with Crippen LogP contribution in [0.5, 0.6) is 0 Å². The van der Waals surface area contributed by atoms with E-state index in [0.29, 0.717) is 19.6 Å². The zero-order valence-electron chi connectivity index (χ0n) is 18.4. The largest absolute Gasteiger partial charge is 0.447 e. The fraction of sp³-hybridized carbons (Fsp3) is 0.409. The third kappa shape index (κ3) is 4.58. The normalized spacial score (nSPS) is 17.5. The standard InChI is InChI=1S/C22H26N4O6S/c1-14(2)32-22(29)25-10-7-15(8-11-25)13-23-20(27)16-5-6-19-17(12-16)24-21(28)18-4-3-9-26(18)33(19,30)31/h3-6,9,12,14-15H,7-8,10-11,13H2,1-2H3,(H,23,27)(H,24,28). The third-order valence-electron chi connectivity index (χ3n) is 5.73. The molecule has 176 valence electrons. The molecule has 0 bridgehead atoms. The van der Waals surface area contributed by atoms with Crippen molar-refractivity contribution in [2.24, 2.45) is 5.92 Å². The Hall–Kier alpha value is -3.34. The molecule has 4 rings (SSSR count). The number of carbonyl (C=O) groups excluding carboxylic acids is 3. The highest BCUT2D eigenvalue weighted by Crippen LogP contribution is 2.29. The Balaban J connectivity index is 1.39. The molecule has 0 saturated carbocycles. The van der Waals surface area contributed by atoms with Crippen molar-refractivity contribution < 1.29 is 27.5 Å². The number of amides is 3. The second kappa shape index (κ2) is 8.89. The molecule has 1 aromatic heterocycles. The zero-order valence-corrected chi connectivity index (χ0v) is 19.2. The van der Waals surface area contributed by atoms with Gasteiger partial charge < -0.3 is 20.3 Å². The van der Waals surface area contributed by atoms with Crippen molar-refractivity contribution in [1.82, 2.24) is 14.2 Å². The van der Waals surface area contributed by atoms with Crippen LogP contribution in [0.4, 0.5) is 10.5 Å². The number of fused-ring (bicyclic) bond motifs is 2. The van der Waals surface area contributed by atoms with Crippen LogP contribution in [0, 0.1) is 5.92 Å². The lowest BCUT2D eigenvalue weighted by molar-refractivity contribution is 0.0646. The summed E-state index contributed by atoms with van der Waals surface area (Å²) >= 11 is 0. The molecular weight excluding hydrogens is 448 g/mol. The van der Waals surface area contributed by atoms with E-state index in [9.17, 15) is 22.8 Å². The molecule has 0 spiro atoms. The molecule has 0 atom stereocenters. The number of hydrogen-bond donors (Lipinski definition) is 2. The van der Waals surface area contributed by atoms with Gasteiger partial charge in [0.25, 0.3) is 21.8 Å². The summed E-state index contributed by atoms with van der Waals surface area (Å²) in [5, 5.41) is 5.45. The molecule has 0 radical (unpaired) electrons. The Morgan fingerprint density at radius 3 is 2.64 bits per heavy atom. The molecule has 3 heterocycles. The van der Waals surface area contributed by atoms with E-state index in [1.54, 1.807) is 18.7 Å². The molecule has 1 aromatic carbocycles. The van der Waals surface area contributed by atoms with E-state index in [4.69, 9.17) is 4.74 Å². The average molecular weight is 475 g/mol. The number of anilines is 1. The molecule has 11 heteroatoms. The molecular formula is C22H26N4O6S. The molecule has 2 aromatic rings. The summed E-state index contributed by atoms with van der Waals surface area (Å²) in [6.07, 6.45) is 2.31. The molecule has 2 aliphatic heterocycles. The lowest BCUT2D eigenvalue weighted by Gasteiger charge is -2.31. The van der Waals surface area contributed by atoms with E-state index in [1.807, 2.05) is 0 Å². The molecule has 2 aliphatic rings. The smallest absolute Gasteiger partial charge is 0.410 e. The van der Waals surface area contributed by atoms with Gasteiger partial charge in [0, 0.05) is 31.4 Å². The predicted octanol–water partition coefficient (Wildman–Crippen LogP) is 2.28. The van der Waals surface area contributed by atoms with Gasteiger partial charge in [0.15, 0.2) is 0 Å². The van der Waals surface area contributed by atoms with Crippen LogP contribution >= 0.6 is 0 Å². The SMILES string of the molecule is CC(C)OC(=O)N1CCC(CNC(=O)c2ccc3c(c2)NC(=O)c2cccn2S3(=O)=O)CC1. The van der Waals surface area contributed by atoms with Crippen LogP contribution in [0.3, 0.4) is 0 Å². The Bertz CT molecular complexity index is 1200. The molecule has 1 fully saturated rings. The van der Waals surface area contributed by atoms with Crippen LogP contribution in [0.25, 0.3) is 0 Å². The summed E-state index contributed by atoms with van der Waals surface area (Å²) in [7, 11) is -3.96. The summed E-state index contributed by atoms with van der Waals surface area (Å²) in [5.74, 6) is -0.721. The third-order valence-corrected chi connectivity index (χ3v) is 7.48. The maximum atomic E-state index is 12.9. The van der Waals surface area contributed by atoms with E-state index in [1.165, 1.54) is 36.5 Å². The zero-order chi connectivity index (χ0) is 23.8. The van der Waals surface area contributed by atoms with Gasteiger partial charge in [-0.1, -0.05) is 0 Å².